The summed E-state index contributed by atoms with van der Waals surface area (Å²) in [5.41, 5.74) is 0. The van der Waals surface area contributed by atoms with Gasteiger partial charge in [-0.3, -0.25) is 4.79 Å². The molecule has 0 unspecified atom stereocenters. The molecule has 0 atom stereocenters. The highest BCUT2D eigenvalue weighted by atomic mass is 16.7. The van der Waals surface area contributed by atoms with E-state index in [-0.39, 0.29) is 12.4 Å². The van der Waals surface area contributed by atoms with Gasteiger partial charge in [-0.15, -0.1) is 0 Å². The number of hydrogen-bond donors (Lipinski definition) is 1. The van der Waals surface area contributed by atoms with Crippen molar-refractivity contribution in [2.24, 2.45) is 0 Å². The first-order valence-corrected chi connectivity index (χ1v) is 4.22. The van der Waals surface area contributed by atoms with Gasteiger partial charge in [-0.1, -0.05) is 6.08 Å². The van der Waals surface area contributed by atoms with Crippen molar-refractivity contribution in [1.29, 1.82) is 0 Å². The first-order valence-electron chi connectivity index (χ1n) is 4.22. The SMILES string of the molecule is CCOC(=O)O.O=C1C=CCCC1. The maximum absolute atomic E-state index is 10.4. The van der Waals surface area contributed by atoms with Crippen LogP contribution in [0.2, 0.25) is 0 Å². The summed E-state index contributed by atoms with van der Waals surface area (Å²) in [6, 6.07) is 0. The van der Waals surface area contributed by atoms with Gasteiger partial charge in [0, 0.05) is 6.42 Å². The van der Waals surface area contributed by atoms with Gasteiger partial charge in [0.2, 0.25) is 0 Å². The number of ketones is 1. The second-order valence-corrected chi connectivity index (χ2v) is 2.46. The number of ether oxygens (including phenoxy) is 1. The molecule has 0 aromatic heterocycles. The fraction of sp³-hybridized carbons (Fsp3) is 0.556. The van der Waals surface area contributed by atoms with Crippen LogP contribution in [0.1, 0.15) is 26.2 Å². The molecular formula is C9H14O4. The van der Waals surface area contributed by atoms with Crippen molar-refractivity contribution in [3.05, 3.63) is 12.2 Å². The van der Waals surface area contributed by atoms with Crippen molar-refractivity contribution >= 4 is 11.9 Å². The number of rotatable bonds is 1. The van der Waals surface area contributed by atoms with Gasteiger partial charge in [0.25, 0.3) is 0 Å². The summed E-state index contributed by atoms with van der Waals surface area (Å²) in [4.78, 5) is 19.8. The third-order valence-corrected chi connectivity index (χ3v) is 1.37. The minimum Gasteiger partial charge on any atom is -0.450 e. The van der Waals surface area contributed by atoms with Crippen molar-refractivity contribution in [2.45, 2.75) is 26.2 Å². The summed E-state index contributed by atoms with van der Waals surface area (Å²) in [6.45, 7) is 1.85. The summed E-state index contributed by atoms with van der Waals surface area (Å²) >= 11 is 0. The van der Waals surface area contributed by atoms with Crippen LogP contribution >= 0.6 is 0 Å². The van der Waals surface area contributed by atoms with Gasteiger partial charge in [-0.05, 0) is 25.8 Å². The standard InChI is InChI=1S/C6H8O.C3H6O3/c7-6-4-2-1-3-5-6;1-2-6-3(4)5/h2,4H,1,3,5H2;2H2,1H3,(H,4,5). The molecule has 0 aromatic carbocycles. The van der Waals surface area contributed by atoms with Crippen molar-refractivity contribution in [3.8, 4) is 0 Å². The van der Waals surface area contributed by atoms with Gasteiger partial charge >= 0.3 is 6.16 Å². The fourth-order valence-corrected chi connectivity index (χ4v) is 0.816. The molecule has 0 aromatic rings. The van der Waals surface area contributed by atoms with E-state index in [4.69, 9.17) is 5.11 Å². The lowest BCUT2D eigenvalue weighted by Gasteiger charge is -1.97. The molecule has 0 fully saturated rings. The Morgan fingerprint density at radius 2 is 2.38 bits per heavy atom. The molecule has 13 heavy (non-hydrogen) atoms. The zero-order valence-corrected chi connectivity index (χ0v) is 7.66. The lowest BCUT2D eigenvalue weighted by Crippen LogP contribution is -1.97. The van der Waals surface area contributed by atoms with E-state index in [9.17, 15) is 9.59 Å². The number of carboxylic acid groups (broad SMARTS) is 1. The van der Waals surface area contributed by atoms with Crippen LogP contribution < -0.4 is 0 Å². The molecule has 0 radical (unpaired) electrons. The molecule has 0 amide bonds. The predicted molar refractivity (Wildman–Crippen MR) is 47.6 cm³/mol. The Labute approximate surface area is 77.2 Å². The van der Waals surface area contributed by atoms with E-state index in [1.807, 2.05) is 6.08 Å². The van der Waals surface area contributed by atoms with E-state index < -0.39 is 6.16 Å². The lowest BCUT2D eigenvalue weighted by atomic mass is 10.1. The highest BCUT2D eigenvalue weighted by Gasteiger charge is 1.98. The van der Waals surface area contributed by atoms with Crippen molar-refractivity contribution < 1.29 is 19.4 Å². The van der Waals surface area contributed by atoms with E-state index >= 15 is 0 Å². The van der Waals surface area contributed by atoms with Gasteiger partial charge in [-0.2, -0.15) is 0 Å². The van der Waals surface area contributed by atoms with E-state index in [0.717, 1.165) is 19.3 Å². The third kappa shape index (κ3) is 8.59. The molecule has 1 aliphatic rings. The van der Waals surface area contributed by atoms with Crippen LogP contribution in [-0.2, 0) is 9.53 Å². The maximum Gasteiger partial charge on any atom is 0.505 e. The summed E-state index contributed by atoms with van der Waals surface area (Å²) in [5, 5.41) is 7.69. The number of carbonyl (C=O) groups excluding carboxylic acids is 1. The van der Waals surface area contributed by atoms with E-state index in [1.54, 1.807) is 13.0 Å². The van der Waals surface area contributed by atoms with Crippen molar-refractivity contribution in [1.82, 2.24) is 0 Å². The molecule has 1 N–H and O–H groups in total. The molecule has 1 aliphatic carbocycles. The first-order chi connectivity index (χ1) is 6.16. The van der Waals surface area contributed by atoms with Crippen molar-refractivity contribution in [2.75, 3.05) is 6.61 Å². The third-order valence-electron chi connectivity index (χ3n) is 1.37. The summed E-state index contributed by atoms with van der Waals surface area (Å²) in [6.07, 6.45) is 5.30. The summed E-state index contributed by atoms with van der Waals surface area (Å²) in [5.74, 6) is 0.284. The molecule has 0 saturated carbocycles. The van der Waals surface area contributed by atoms with Crippen LogP contribution in [0.4, 0.5) is 4.79 Å². The largest absolute Gasteiger partial charge is 0.505 e. The van der Waals surface area contributed by atoms with E-state index in [1.165, 1.54) is 0 Å². The average molecular weight is 186 g/mol. The lowest BCUT2D eigenvalue weighted by molar-refractivity contribution is -0.114. The molecule has 4 nitrogen and oxygen atoms in total. The van der Waals surface area contributed by atoms with Gasteiger partial charge in [0.15, 0.2) is 5.78 Å². The second-order valence-electron chi connectivity index (χ2n) is 2.46. The minimum atomic E-state index is -1.21. The number of allylic oxidation sites excluding steroid dienone is 2. The maximum atomic E-state index is 10.4. The molecular weight excluding hydrogens is 172 g/mol. The van der Waals surface area contributed by atoms with Gasteiger partial charge < -0.3 is 9.84 Å². The highest BCUT2D eigenvalue weighted by molar-refractivity contribution is 5.90. The Hall–Kier alpha value is -1.32. The Kier molecular flexibility index (Phi) is 6.59. The minimum absolute atomic E-state index is 0.231. The monoisotopic (exact) mass is 186 g/mol. The van der Waals surface area contributed by atoms with E-state index in [2.05, 4.69) is 4.74 Å². The van der Waals surface area contributed by atoms with Gasteiger partial charge in [-0.25, -0.2) is 4.79 Å². The van der Waals surface area contributed by atoms with E-state index in [0.29, 0.717) is 0 Å². The molecule has 74 valence electrons. The number of hydrogen-bond acceptors (Lipinski definition) is 3. The normalized spacial score (nSPS) is 14.4. The molecule has 0 aliphatic heterocycles. The summed E-state index contributed by atoms with van der Waals surface area (Å²) < 4.78 is 3.96. The van der Waals surface area contributed by atoms with Gasteiger partial charge in [0.1, 0.15) is 0 Å². The van der Waals surface area contributed by atoms with Crippen LogP contribution in [0, 0.1) is 0 Å². The molecule has 0 spiro atoms. The first kappa shape index (κ1) is 11.7. The molecule has 0 bridgehead atoms. The fourth-order valence-electron chi connectivity index (χ4n) is 0.816. The van der Waals surface area contributed by atoms with Crippen LogP contribution in [-0.4, -0.2) is 23.7 Å². The zero-order chi connectivity index (χ0) is 10.1. The molecule has 4 heteroatoms. The Balaban J connectivity index is 0.000000226. The Morgan fingerprint density at radius 1 is 1.69 bits per heavy atom. The predicted octanol–water partition coefficient (Wildman–Crippen LogP) is 2.00. The molecule has 0 saturated heterocycles. The Morgan fingerprint density at radius 3 is 2.54 bits per heavy atom. The second kappa shape index (κ2) is 7.34. The topological polar surface area (TPSA) is 63.6 Å². The molecule has 0 heterocycles. The highest BCUT2D eigenvalue weighted by Crippen LogP contribution is 2.04. The smallest absolute Gasteiger partial charge is 0.450 e. The van der Waals surface area contributed by atoms with Crippen LogP contribution in [0.5, 0.6) is 0 Å². The zero-order valence-electron chi connectivity index (χ0n) is 7.66. The van der Waals surface area contributed by atoms with Crippen LogP contribution in [0.25, 0.3) is 0 Å². The Bertz CT molecular complexity index is 196. The quantitative estimate of drug-likeness (QED) is 0.636. The van der Waals surface area contributed by atoms with Crippen molar-refractivity contribution in [3.63, 3.8) is 0 Å². The average Bonchev–Trinajstić information content (AvgIpc) is 2.06. The number of carbonyl (C=O) groups is 2. The molecule has 1 rings (SSSR count). The van der Waals surface area contributed by atoms with Gasteiger partial charge in [0.05, 0.1) is 6.61 Å². The summed E-state index contributed by atoms with van der Waals surface area (Å²) in [7, 11) is 0. The van der Waals surface area contributed by atoms with Crippen LogP contribution in [0.15, 0.2) is 12.2 Å². The van der Waals surface area contributed by atoms with Crippen LogP contribution in [0.3, 0.4) is 0 Å².